The molecule has 120 valence electrons. The minimum absolute atomic E-state index is 0.152. The van der Waals surface area contributed by atoms with Gasteiger partial charge in [0, 0.05) is 0 Å². The smallest absolute Gasteiger partial charge is 0.0863 e. The first-order valence-electron chi connectivity index (χ1n) is 8.59. The summed E-state index contributed by atoms with van der Waals surface area (Å²) in [6.45, 7) is 13.5. The predicted octanol–water partition coefficient (Wildman–Crippen LogP) is 4.92. The lowest BCUT2D eigenvalue weighted by molar-refractivity contribution is -0.109. The third-order valence-electron chi connectivity index (χ3n) is 6.53. The largest absolute Gasteiger partial charge is 0.388 e. The van der Waals surface area contributed by atoms with E-state index < -0.39 is 11.0 Å². The van der Waals surface area contributed by atoms with E-state index in [1.165, 1.54) is 0 Å². The average molecular weight is 291 g/mol. The molecule has 0 bridgehead atoms. The summed E-state index contributed by atoms with van der Waals surface area (Å²) in [7, 11) is 0. The van der Waals surface area contributed by atoms with Crippen molar-refractivity contribution >= 4 is 0 Å². The van der Waals surface area contributed by atoms with E-state index in [-0.39, 0.29) is 11.3 Å². The van der Waals surface area contributed by atoms with E-state index >= 15 is 0 Å². The topological polar surface area (TPSA) is 44.0 Å². The highest BCUT2D eigenvalue weighted by Crippen LogP contribution is 2.60. The van der Waals surface area contributed by atoms with Gasteiger partial charge in [-0.25, -0.2) is 0 Å². The minimum atomic E-state index is -0.798. The molecule has 0 amide bonds. The van der Waals surface area contributed by atoms with Gasteiger partial charge in [0.1, 0.15) is 0 Å². The Morgan fingerprint density at radius 1 is 1.14 bits per heavy atom. The SMILES string of the molecule is CC1CC(C)(C)CC1(O)C1(C#N)CCC(C(C)(C)C)CC1. The van der Waals surface area contributed by atoms with Gasteiger partial charge in [-0.3, -0.25) is 0 Å². The number of nitriles is 1. The molecule has 2 unspecified atom stereocenters. The van der Waals surface area contributed by atoms with E-state index in [0.717, 1.165) is 38.5 Å². The molecule has 0 saturated heterocycles. The molecule has 1 N–H and O–H groups in total. The summed E-state index contributed by atoms with van der Waals surface area (Å²) in [4.78, 5) is 0. The van der Waals surface area contributed by atoms with Crippen molar-refractivity contribution in [3.63, 3.8) is 0 Å². The fourth-order valence-corrected chi connectivity index (χ4v) is 5.23. The summed E-state index contributed by atoms with van der Waals surface area (Å²) >= 11 is 0. The molecule has 21 heavy (non-hydrogen) atoms. The van der Waals surface area contributed by atoms with Crippen LogP contribution in [-0.4, -0.2) is 10.7 Å². The highest BCUT2D eigenvalue weighted by atomic mass is 16.3. The summed E-state index contributed by atoms with van der Waals surface area (Å²) in [5.74, 6) is 0.894. The molecule has 2 saturated carbocycles. The van der Waals surface area contributed by atoms with Gasteiger partial charge >= 0.3 is 0 Å². The van der Waals surface area contributed by atoms with E-state index in [0.29, 0.717) is 11.3 Å². The van der Waals surface area contributed by atoms with Gasteiger partial charge in [0.15, 0.2) is 0 Å². The zero-order chi connectivity index (χ0) is 16.1. The van der Waals surface area contributed by atoms with Crippen molar-refractivity contribution in [2.24, 2.45) is 28.1 Å². The predicted molar refractivity (Wildman–Crippen MR) is 86.6 cm³/mol. The van der Waals surface area contributed by atoms with Gasteiger partial charge in [-0.15, -0.1) is 0 Å². The van der Waals surface area contributed by atoms with Gasteiger partial charge in [0.05, 0.1) is 17.1 Å². The first-order chi connectivity index (χ1) is 9.46. The number of hydrogen-bond donors (Lipinski definition) is 1. The fourth-order valence-electron chi connectivity index (χ4n) is 5.23. The van der Waals surface area contributed by atoms with Crippen LogP contribution < -0.4 is 0 Å². The number of aliphatic hydroxyl groups is 1. The standard InChI is InChI=1S/C19H33NO/c1-14-11-17(5,6)12-19(14,21)18(13-20)9-7-15(8-10-18)16(2,3)4/h14-15,21H,7-12H2,1-6H3. The van der Waals surface area contributed by atoms with Gasteiger partial charge < -0.3 is 5.11 Å². The first kappa shape index (κ1) is 16.8. The molecule has 2 nitrogen and oxygen atoms in total. The van der Waals surface area contributed by atoms with Crippen molar-refractivity contribution in [3.8, 4) is 6.07 Å². The molecular formula is C19H33NO. The van der Waals surface area contributed by atoms with E-state index in [1.807, 2.05) is 0 Å². The van der Waals surface area contributed by atoms with Crippen LogP contribution in [0, 0.1) is 39.4 Å². The van der Waals surface area contributed by atoms with Crippen LogP contribution in [0.3, 0.4) is 0 Å². The molecule has 2 atom stereocenters. The zero-order valence-corrected chi connectivity index (χ0v) is 14.8. The van der Waals surface area contributed by atoms with E-state index in [4.69, 9.17) is 0 Å². The van der Waals surface area contributed by atoms with Crippen molar-refractivity contribution in [1.29, 1.82) is 5.26 Å². The van der Waals surface area contributed by atoms with Gasteiger partial charge in [-0.05, 0) is 61.2 Å². The fraction of sp³-hybridized carbons (Fsp3) is 0.947. The van der Waals surface area contributed by atoms with Crippen LogP contribution in [0.25, 0.3) is 0 Å². The molecule has 0 radical (unpaired) electrons. The Kier molecular flexibility index (Phi) is 3.99. The maximum Gasteiger partial charge on any atom is 0.0863 e. The molecular weight excluding hydrogens is 258 g/mol. The lowest BCUT2D eigenvalue weighted by Crippen LogP contribution is -2.52. The zero-order valence-electron chi connectivity index (χ0n) is 14.8. The monoisotopic (exact) mass is 291 g/mol. The van der Waals surface area contributed by atoms with Crippen LogP contribution in [0.2, 0.25) is 0 Å². The lowest BCUT2D eigenvalue weighted by Gasteiger charge is -2.49. The molecule has 2 aliphatic rings. The van der Waals surface area contributed by atoms with Crippen molar-refractivity contribution in [1.82, 2.24) is 0 Å². The quantitative estimate of drug-likeness (QED) is 0.745. The molecule has 2 heteroatoms. The Hall–Kier alpha value is -0.550. The summed E-state index contributed by atoms with van der Waals surface area (Å²) in [6.07, 6.45) is 5.67. The summed E-state index contributed by atoms with van der Waals surface area (Å²) in [6, 6.07) is 2.59. The van der Waals surface area contributed by atoms with E-state index in [1.54, 1.807) is 0 Å². The van der Waals surface area contributed by atoms with E-state index in [9.17, 15) is 10.4 Å². The maximum atomic E-state index is 11.4. The van der Waals surface area contributed by atoms with Crippen LogP contribution in [0.1, 0.15) is 80.1 Å². The van der Waals surface area contributed by atoms with Gasteiger partial charge in [-0.2, -0.15) is 5.26 Å². The molecule has 0 aromatic carbocycles. The molecule has 0 heterocycles. The lowest BCUT2D eigenvalue weighted by atomic mass is 9.56. The Labute approximate surface area is 130 Å². The average Bonchev–Trinajstić information content (AvgIpc) is 2.58. The number of hydrogen-bond acceptors (Lipinski definition) is 2. The van der Waals surface area contributed by atoms with Crippen molar-refractivity contribution in [2.75, 3.05) is 0 Å². The number of rotatable bonds is 1. The minimum Gasteiger partial charge on any atom is -0.388 e. The van der Waals surface area contributed by atoms with Crippen LogP contribution in [-0.2, 0) is 0 Å². The molecule has 2 fully saturated rings. The van der Waals surface area contributed by atoms with Crippen LogP contribution >= 0.6 is 0 Å². The Bertz CT molecular complexity index is 431. The highest BCUT2D eigenvalue weighted by Gasteiger charge is 2.60. The third kappa shape index (κ3) is 2.74. The van der Waals surface area contributed by atoms with Crippen molar-refractivity contribution < 1.29 is 5.11 Å². The van der Waals surface area contributed by atoms with Gasteiger partial charge in [0.2, 0.25) is 0 Å². The summed E-state index contributed by atoms with van der Waals surface area (Å²) in [5, 5.41) is 21.4. The molecule has 0 spiro atoms. The van der Waals surface area contributed by atoms with Gasteiger partial charge in [-0.1, -0.05) is 41.5 Å². The second kappa shape index (κ2) is 4.98. The van der Waals surface area contributed by atoms with E-state index in [2.05, 4.69) is 47.6 Å². The normalized spacial score (nSPS) is 43.5. The Morgan fingerprint density at radius 2 is 1.67 bits per heavy atom. The molecule has 0 aromatic heterocycles. The summed E-state index contributed by atoms with van der Waals surface area (Å²) < 4.78 is 0. The Morgan fingerprint density at radius 3 is 2.00 bits per heavy atom. The first-order valence-corrected chi connectivity index (χ1v) is 8.59. The number of nitrogens with zero attached hydrogens (tertiary/aromatic N) is 1. The van der Waals surface area contributed by atoms with Crippen LogP contribution in [0.5, 0.6) is 0 Å². The second-order valence-corrected chi connectivity index (χ2v) is 9.70. The molecule has 0 aromatic rings. The maximum absolute atomic E-state index is 11.4. The molecule has 2 rings (SSSR count). The second-order valence-electron chi connectivity index (χ2n) is 9.70. The van der Waals surface area contributed by atoms with Crippen molar-refractivity contribution in [3.05, 3.63) is 0 Å². The van der Waals surface area contributed by atoms with Gasteiger partial charge in [0.25, 0.3) is 0 Å². The van der Waals surface area contributed by atoms with Crippen LogP contribution in [0.4, 0.5) is 0 Å². The molecule has 2 aliphatic carbocycles. The van der Waals surface area contributed by atoms with Crippen molar-refractivity contribution in [2.45, 2.75) is 85.7 Å². The Balaban J connectivity index is 2.24. The van der Waals surface area contributed by atoms with Crippen LogP contribution in [0.15, 0.2) is 0 Å². The molecule has 0 aliphatic heterocycles. The summed E-state index contributed by atoms with van der Waals surface area (Å²) in [5.41, 5.74) is -0.861. The third-order valence-corrected chi connectivity index (χ3v) is 6.53. The highest BCUT2D eigenvalue weighted by molar-refractivity contribution is 5.18.